The number of aromatic nitrogens is 2. The van der Waals surface area contributed by atoms with Crippen LogP contribution in [0.1, 0.15) is 16.1 Å². The molecule has 0 bridgehead atoms. The molecule has 32 heavy (non-hydrogen) atoms. The first-order valence-electron chi connectivity index (χ1n) is 9.45. The number of hydrogen-bond acceptors (Lipinski definition) is 8. The van der Waals surface area contributed by atoms with Crippen LogP contribution in [0.2, 0.25) is 0 Å². The van der Waals surface area contributed by atoms with Gasteiger partial charge in [-0.2, -0.15) is 10.2 Å². The van der Waals surface area contributed by atoms with E-state index < -0.39 is 5.91 Å². The molecular formula is C22H24N4O6. The van der Waals surface area contributed by atoms with Crippen molar-refractivity contribution >= 4 is 12.1 Å². The summed E-state index contributed by atoms with van der Waals surface area (Å²) in [5, 5.41) is 10.9. The molecule has 0 unspecified atom stereocenters. The zero-order chi connectivity index (χ0) is 23.1. The maximum Gasteiger partial charge on any atom is 0.289 e. The number of hydrazone groups is 1. The van der Waals surface area contributed by atoms with Gasteiger partial charge in [0, 0.05) is 11.1 Å². The predicted molar refractivity (Wildman–Crippen MR) is 118 cm³/mol. The highest BCUT2D eigenvalue weighted by atomic mass is 16.5. The Bertz CT molecular complexity index is 1100. The fourth-order valence-corrected chi connectivity index (χ4v) is 2.99. The molecule has 168 valence electrons. The number of methoxy groups -OCH3 is 5. The molecule has 0 fully saturated rings. The summed E-state index contributed by atoms with van der Waals surface area (Å²) in [4.78, 5) is 12.5. The zero-order valence-corrected chi connectivity index (χ0v) is 18.4. The smallest absolute Gasteiger partial charge is 0.289 e. The van der Waals surface area contributed by atoms with Gasteiger partial charge in [0.25, 0.3) is 5.91 Å². The molecule has 10 heteroatoms. The van der Waals surface area contributed by atoms with E-state index in [4.69, 9.17) is 23.7 Å². The molecule has 3 aromatic rings. The summed E-state index contributed by atoms with van der Waals surface area (Å²) < 4.78 is 26.5. The molecular weight excluding hydrogens is 416 g/mol. The van der Waals surface area contributed by atoms with Crippen LogP contribution >= 0.6 is 0 Å². The number of rotatable bonds is 9. The number of ether oxygens (including phenoxy) is 5. The van der Waals surface area contributed by atoms with Crippen molar-refractivity contribution in [1.29, 1.82) is 0 Å². The lowest BCUT2D eigenvalue weighted by Gasteiger charge is -2.12. The molecule has 3 rings (SSSR count). The second-order valence-corrected chi connectivity index (χ2v) is 6.39. The average molecular weight is 440 g/mol. The third kappa shape index (κ3) is 4.75. The third-order valence-corrected chi connectivity index (χ3v) is 4.57. The van der Waals surface area contributed by atoms with Gasteiger partial charge in [-0.3, -0.25) is 9.89 Å². The SMILES string of the molecule is COc1ccc(OC)c(-c2cc(C(=O)NN=Cc3cc(OC)c(OC)c(OC)c3)[nH]n2)c1. The van der Waals surface area contributed by atoms with Crippen molar-refractivity contribution in [3.63, 3.8) is 0 Å². The molecule has 0 saturated heterocycles. The molecule has 0 aliphatic carbocycles. The van der Waals surface area contributed by atoms with Gasteiger partial charge in [-0.1, -0.05) is 0 Å². The Balaban J connectivity index is 1.76. The number of H-pyrrole nitrogens is 1. The second kappa shape index (κ2) is 10.2. The molecule has 0 spiro atoms. The molecule has 1 amide bonds. The van der Waals surface area contributed by atoms with Crippen molar-refractivity contribution in [3.05, 3.63) is 47.7 Å². The van der Waals surface area contributed by atoms with Crippen LogP contribution in [0.15, 0.2) is 41.5 Å². The lowest BCUT2D eigenvalue weighted by molar-refractivity contribution is 0.0950. The first-order chi connectivity index (χ1) is 15.5. The highest BCUT2D eigenvalue weighted by molar-refractivity contribution is 5.94. The van der Waals surface area contributed by atoms with Crippen LogP contribution < -0.4 is 29.1 Å². The number of benzene rings is 2. The normalized spacial score (nSPS) is 10.7. The van der Waals surface area contributed by atoms with E-state index in [1.807, 2.05) is 0 Å². The molecule has 0 aliphatic rings. The number of aromatic amines is 1. The summed E-state index contributed by atoms with van der Waals surface area (Å²) in [5.41, 5.74) is 4.54. The average Bonchev–Trinajstić information content (AvgIpc) is 3.33. The summed E-state index contributed by atoms with van der Waals surface area (Å²) in [6.07, 6.45) is 1.46. The Labute approximate surface area is 185 Å². The Morgan fingerprint density at radius 2 is 1.59 bits per heavy atom. The van der Waals surface area contributed by atoms with Crippen molar-refractivity contribution in [2.24, 2.45) is 5.10 Å². The fourth-order valence-electron chi connectivity index (χ4n) is 2.99. The van der Waals surface area contributed by atoms with Crippen molar-refractivity contribution in [2.75, 3.05) is 35.5 Å². The van der Waals surface area contributed by atoms with Crippen LogP contribution in [-0.2, 0) is 0 Å². The van der Waals surface area contributed by atoms with Gasteiger partial charge >= 0.3 is 0 Å². The van der Waals surface area contributed by atoms with Gasteiger partial charge < -0.3 is 23.7 Å². The van der Waals surface area contributed by atoms with Crippen LogP contribution in [0.5, 0.6) is 28.7 Å². The monoisotopic (exact) mass is 440 g/mol. The number of carbonyl (C=O) groups excluding carboxylic acids is 1. The summed E-state index contributed by atoms with van der Waals surface area (Å²) in [6, 6.07) is 10.3. The molecule has 0 atom stereocenters. The van der Waals surface area contributed by atoms with Crippen molar-refractivity contribution in [1.82, 2.24) is 15.6 Å². The summed E-state index contributed by atoms with van der Waals surface area (Å²) in [5.74, 6) is 2.20. The molecule has 1 aromatic heterocycles. The van der Waals surface area contributed by atoms with Crippen LogP contribution in [-0.4, -0.2) is 57.9 Å². The van der Waals surface area contributed by atoms with E-state index >= 15 is 0 Å². The van der Waals surface area contributed by atoms with Crippen LogP contribution in [0.4, 0.5) is 0 Å². The molecule has 0 aliphatic heterocycles. The molecule has 1 heterocycles. The predicted octanol–water partition coefficient (Wildman–Crippen LogP) is 2.88. The quantitative estimate of drug-likeness (QED) is 0.388. The summed E-state index contributed by atoms with van der Waals surface area (Å²) in [7, 11) is 7.69. The number of nitrogens with zero attached hydrogens (tertiary/aromatic N) is 2. The first-order valence-corrected chi connectivity index (χ1v) is 9.45. The standard InChI is InChI=1S/C22H24N4O6/c1-28-14-6-7-18(29-2)15(10-14)16-11-17(25-24-16)22(27)26-23-12-13-8-19(30-3)21(32-5)20(9-13)31-4/h6-12H,1-5H3,(H,24,25)(H,26,27). The third-order valence-electron chi connectivity index (χ3n) is 4.57. The van der Waals surface area contributed by atoms with Gasteiger partial charge in [0.15, 0.2) is 11.5 Å². The Kier molecular flexibility index (Phi) is 7.17. The fraction of sp³-hybridized carbons (Fsp3) is 0.227. The van der Waals surface area contributed by atoms with Crippen molar-refractivity contribution < 1.29 is 28.5 Å². The molecule has 2 N–H and O–H groups in total. The highest BCUT2D eigenvalue weighted by Gasteiger charge is 2.15. The highest BCUT2D eigenvalue weighted by Crippen LogP contribution is 2.37. The van der Waals surface area contributed by atoms with Crippen LogP contribution in [0.25, 0.3) is 11.3 Å². The van der Waals surface area contributed by atoms with Gasteiger partial charge in [-0.05, 0) is 36.4 Å². The molecule has 0 radical (unpaired) electrons. The van der Waals surface area contributed by atoms with Gasteiger partial charge in [0.1, 0.15) is 17.2 Å². The van der Waals surface area contributed by atoms with Gasteiger partial charge in [0.2, 0.25) is 5.75 Å². The lowest BCUT2D eigenvalue weighted by atomic mass is 10.1. The van der Waals surface area contributed by atoms with Crippen molar-refractivity contribution in [3.8, 4) is 40.0 Å². The van der Waals surface area contributed by atoms with E-state index in [0.29, 0.717) is 45.6 Å². The lowest BCUT2D eigenvalue weighted by Crippen LogP contribution is -2.18. The topological polar surface area (TPSA) is 116 Å². The van der Waals surface area contributed by atoms with Crippen LogP contribution in [0.3, 0.4) is 0 Å². The van der Waals surface area contributed by atoms with Crippen LogP contribution in [0, 0.1) is 0 Å². The van der Waals surface area contributed by atoms with E-state index in [9.17, 15) is 4.79 Å². The van der Waals surface area contributed by atoms with E-state index in [1.54, 1.807) is 50.6 Å². The maximum atomic E-state index is 12.5. The number of nitrogens with one attached hydrogen (secondary N) is 2. The number of amides is 1. The van der Waals surface area contributed by atoms with Gasteiger partial charge in [-0.15, -0.1) is 0 Å². The summed E-state index contributed by atoms with van der Waals surface area (Å²) in [6.45, 7) is 0. The Morgan fingerprint density at radius 3 is 2.19 bits per heavy atom. The molecule has 0 saturated carbocycles. The van der Waals surface area contributed by atoms with E-state index in [-0.39, 0.29) is 5.69 Å². The van der Waals surface area contributed by atoms with Gasteiger partial charge in [0.05, 0.1) is 47.5 Å². The van der Waals surface area contributed by atoms with Gasteiger partial charge in [-0.25, -0.2) is 5.43 Å². The zero-order valence-electron chi connectivity index (χ0n) is 18.4. The second-order valence-electron chi connectivity index (χ2n) is 6.39. The van der Waals surface area contributed by atoms with E-state index in [1.165, 1.54) is 27.5 Å². The minimum absolute atomic E-state index is 0.229. The summed E-state index contributed by atoms with van der Waals surface area (Å²) >= 11 is 0. The minimum atomic E-state index is -0.464. The van der Waals surface area contributed by atoms with E-state index in [2.05, 4.69) is 20.7 Å². The largest absolute Gasteiger partial charge is 0.497 e. The Morgan fingerprint density at radius 1 is 0.906 bits per heavy atom. The first kappa shape index (κ1) is 22.5. The van der Waals surface area contributed by atoms with Crippen molar-refractivity contribution in [2.45, 2.75) is 0 Å². The number of carbonyl (C=O) groups is 1. The molecule has 10 nitrogen and oxygen atoms in total. The Hall–Kier alpha value is -4.21. The van der Waals surface area contributed by atoms with E-state index in [0.717, 1.165) is 0 Å². The maximum absolute atomic E-state index is 12.5. The number of hydrogen-bond donors (Lipinski definition) is 2. The minimum Gasteiger partial charge on any atom is -0.497 e. The molecule has 2 aromatic carbocycles.